The fourth-order valence-corrected chi connectivity index (χ4v) is 4.05. The predicted molar refractivity (Wildman–Crippen MR) is 118 cm³/mol. The first-order valence-electron chi connectivity index (χ1n) is 9.07. The molecular formula is C17H36IN5S. The van der Waals surface area contributed by atoms with Crippen molar-refractivity contribution in [1.82, 2.24) is 20.4 Å². The van der Waals surface area contributed by atoms with Crippen molar-refractivity contribution >= 4 is 41.7 Å². The van der Waals surface area contributed by atoms with E-state index >= 15 is 0 Å². The molecule has 0 bridgehead atoms. The molecule has 0 aliphatic carbocycles. The van der Waals surface area contributed by atoms with Crippen molar-refractivity contribution in [2.24, 2.45) is 4.99 Å². The molecular weight excluding hydrogens is 433 g/mol. The van der Waals surface area contributed by atoms with E-state index < -0.39 is 0 Å². The molecule has 0 aromatic heterocycles. The second-order valence-corrected chi connectivity index (χ2v) is 7.91. The van der Waals surface area contributed by atoms with Crippen LogP contribution in [0.15, 0.2) is 4.99 Å². The van der Waals surface area contributed by atoms with Crippen LogP contribution in [0.5, 0.6) is 0 Å². The molecule has 2 aliphatic rings. The van der Waals surface area contributed by atoms with Gasteiger partial charge < -0.3 is 15.5 Å². The van der Waals surface area contributed by atoms with Crippen molar-refractivity contribution in [3.05, 3.63) is 0 Å². The molecule has 0 aromatic carbocycles. The number of aliphatic imine (C=N–C) groups is 1. The smallest absolute Gasteiger partial charge is 0.191 e. The highest BCUT2D eigenvalue weighted by molar-refractivity contribution is 14.0. The van der Waals surface area contributed by atoms with Crippen molar-refractivity contribution in [2.45, 2.75) is 37.6 Å². The first-order valence-corrected chi connectivity index (χ1v) is 10.5. The fourth-order valence-electron chi connectivity index (χ4n) is 3.75. The Labute approximate surface area is 169 Å². The molecule has 2 fully saturated rings. The van der Waals surface area contributed by atoms with Gasteiger partial charge in [0.05, 0.1) is 0 Å². The zero-order chi connectivity index (χ0) is 16.5. The maximum atomic E-state index is 4.39. The van der Waals surface area contributed by atoms with E-state index in [1.165, 1.54) is 58.3 Å². The largest absolute Gasteiger partial charge is 0.356 e. The van der Waals surface area contributed by atoms with E-state index in [4.69, 9.17) is 0 Å². The van der Waals surface area contributed by atoms with Crippen LogP contribution in [0.1, 0.15) is 32.1 Å². The zero-order valence-corrected chi connectivity index (χ0v) is 18.8. The van der Waals surface area contributed by atoms with E-state index in [1.807, 2.05) is 18.8 Å². The van der Waals surface area contributed by atoms with Crippen LogP contribution in [0.3, 0.4) is 0 Å². The standard InChI is InChI=1S/C17H35N5S.HI/c1-18-16(19-9-14-23-3)20-15-17(7-12-21(2)13-8-17)22-10-5-4-6-11-22;/h4-15H2,1-3H3,(H2,18,19,20);1H. The molecule has 0 radical (unpaired) electrons. The summed E-state index contributed by atoms with van der Waals surface area (Å²) in [6.07, 6.45) is 8.78. The minimum atomic E-state index is 0. The summed E-state index contributed by atoms with van der Waals surface area (Å²) in [5.41, 5.74) is 0.310. The van der Waals surface area contributed by atoms with E-state index in [1.54, 1.807) is 0 Å². The minimum Gasteiger partial charge on any atom is -0.356 e. The van der Waals surface area contributed by atoms with Gasteiger partial charge in [0.15, 0.2) is 5.96 Å². The first kappa shape index (κ1) is 22.3. The summed E-state index contributed by atoms with van der Waals surface area (Å²) in [7, 11) is 4.12. The molecule has 7 heteroatoms. The maximum absolute atomic E-state index is 4.39. The summed E-state index contributed by atoms with van der Waals surface area (Å²) in [5.74, 6) is 2.07. The molecule has 2 heterocycles. The highest BCUT2D eigenvalue weighted by Crippen LogP contribution is 2.30. The number of thioether (sulfide) groups is 1. The fraction of sp³-hybridized carbons (Fsp3) is 0.941. The lowest BCUT2D eigenvalue weighted by atomic mass is 9.84. The number of hydrogen-bond donors (Lipinski definition) is 2. The molecule has 0 unspecified atom stereocenters. The van der Waals surface area contributed by atoms with Crippen LogP contribution in [-0.2, 0) is 0 Å². The van der Waals surface area contributed by atoms with E-state index in [0.717, 1.165) is 24.8 Å². The van der Waals surface area contributed by atoms with Crippen molar-refractivity contribution in [1.29, 1.82) is 0 Å². The van der Waals surface area contributed by atoms with Crippen LogP contribution >= 0.6 is 35.7 Å². The summed E-state index contributed by atoms with van der Waals surface area (Å²) in [6, 6.07) is 0. The topological polar surface area (TPSA) is 42.9 Å². The number of likely N-dealkylation sites (tertiary alicyclic amines) is 2. The van der Waals surface area contributed by atoms with Crippen LogP contribution in [0.2, 0.25) is 0 Å². The van der Waals surface area contributed by atoms with Crippen molar-refractivity contribution < 1.29 is 0 Å². The first-order chi connectivity index (χ1) is 11.2. The maximum Gasteiger partial charge on any atom is 0.191 e. The summed E-state index contributed by atoms with van der Waals surface area (Å²) >= 11 is 1.86. The van der Waals surface area contributed by atoms with Gasteiger partial charge in [-0.1, -0.05) is 6.42 Å². The highest BCUT2D eigenvalue weighted by Gasteiger charge is 2.39. The van der Waals surface area contributed by atoms with Gasteiger partial charge in [-0.3, -0.25) is 9.89 Å². The van der Waals surface area contributed by atoms with Gasteiger partial charge in [0.2, 0.25) is 0 Å². The van der Waals surface area contributed by atoms with Gasteiger partial charge in [-0.15, -0.1) is 24.0 Å². The molecule has 2 aliphatic heterocycles. The summed E-state index contributed by atoms with van der Waals surface area (Å²) in [6.45, 7) is 6.93. The number of hydrogen-bond acceptors (Lipinski definition) is 4. The van der Waals surface area contributed by atoms with E-state index in [2.05, 4.69) is 38.7 Å². The molecule has 2 rings (SSSR count). The molecule has 5 nitrogen and oxygen atoms in total. The molecule has 0 saturated carbocycles. The van der Waals surface area contributed by atoms with Gasteiger partial charge in [-0.05, 0) is 65.2 Å². The molecule has 0 amide bonds. The third-order valence-corrected chi connectivity index (χ3v) is 5.96. The Hall–Kier alpha value is 0.270. The average Bonchev–Trinajstić information content (AvgIpc) is 2.60. The highest BCUT2D eigenvalue weighted by atomic mass is 127. The third kappa shape index (κ3) is 6.53. The minimum absolute atomic E-state index is 0. The monoisotopic (exact) mass is 469 g/mol. The Morgan fingerprint density at radius 1 is 1.08 bits per heavy atom. The van der Waals surface area contributed by atoms with Crippen molar-refractivity contribution in [2.75, 3.05) is 65.4 Å². The molecule has 24 heavy (non-hydrogen) atoms. The quantitative estimate of drug-likeness (QED) is 0.270. The lowest BCUT2D eigenvalue weighted by Crippen LogP contribution is -2.62. The molecule has 2 N–H and O–H groups in total. The second-order valence-electron chi connectivity index (χ2n) is 6.92. The Balaban J connectivity index is 0.00000288. The normalized spacial score (nSPS) is 22.7. The number of nitrogens with one attached hydrogen (secondary N) is 2. The molecule has 0 spiro atoms. The third-order valence-electron chi connectivity index (χ3n) is 5.35. The number of rotatable bonds is 6. The Morgan fingerprint density at radius 3 is 2.33 bits per heavy atom. The SMILES string of the molecule is CN=C(NCCSC)NCC1(N2CCCCC2)CCN(C)CC1.I. The predicted octanol–water partition coefficient (Wildman–Crippen LogP) is 2.08. The summed E-state index contributed by atoms with van der Waals surface area (Å²) in [5, 5.41) is 7.05. The van der Waals surface area contributed by atoms with E-state index in [0.29, 0.717) is 5.54 Å². The lowest BCUT2D eigenvalue weighted by Gasteiger charge is -2.50. The molecule has 0 atom stereocenters. The van der Waals surface area contributed by atoms with Crippen molar-refractivity contribution in [3.63, 3.8) is 0 Å². The number of piperidine rings is 2. The summed E-state index contributed by atoms with van der Waals surface area (Å²) < 4.78 is 0. The molecule has 2 saturated heterocycles. The zero-order valence-electron chi connectivity index (χ0n) is 15.6. The van der Waals surface area contributed by atoms with E-state index in [-0.39, 0.29) is 24.0 Å². The molecule has 0 aromatic rings. The van der Waals surface area contributed by atoms with Gasteiger partial charge in [0, 0.05) is 31.4 Å². The summed E-state index contributed by atoms with van der Waals surface area (Å²) in [4.78, 5) is 9.63. The number of guanidine groups is 1. The number of nitrogens with zero attached hydrogens (tertiary/aromatic N) is 3. The van der Waals surface area contributed by atoms with Crippen LogP contribution in [-0.4, -0.2) is 86.7 Å². The van der Waals surface area contributed by atoms with E-state index in [9.17, 15) is 0 Å². The van der Waals surface area contributed by atoms with Gasteiger partial charge in [-0.25, -0.2) is 0 Å². The average molecular weight is 469 g/mol. The van der Waals surface area contributed by atoms with Crippen LogP contribution in [0.4, 0.5) is 0 Å². The Bertz CT molecular complexity index is 366. The van der Waals surface area contributed by atoms with Gasteiger partial charge in [0.25, 0.3) is 0 Å². The van der Waals surface area contributed by atoms with Crippen LogP contribution in [0, 0.1) is 0 Å². The van der Waals surface area contributed by atoms with Gasteiger partial charge >= 0.3 is 0 Å². The van der Waals surface area contributed by atoms with Gasteiger partial charge in [-0.2, -0.15) is 11.8 Å². The number of halogens is 1. The Morgan fingerprint density at radius 2 is 1.75 bits per heavy atom. The van der Waals surface area contributed by atoms with Gasteiger partial charge in [0.1, 0.15) is 0 Å². The van der Waals surface area contributed by atoms with Crippen LogP contribution < -0.4 is 10.6 Å². The van der Waals surface area contributed by atoms with Crippen LogP contribution in [0.25, 0.3) is 0 Å². The Kier molecular flexibility index (Phi) is 11.0. The second kappa shape index (κ2) is 11.8. The molecule has 142 valence electrons. The lowest BCUT2D eigenvalue weighted by molar-refractivity contribution is 0.0173. The van der Waals surface area contributed by atoms with Crippen molar-refractivity contribution in [3.8, 4) is 0 Å².